The molecule has 0 saturated carbocycles. The standard InChI is InChI=1S/C19H24N2O2/c1-14-9-11-23-17(14)18(22)20-13-19(2,3)21-10-8-15-6-4-5-7-16(15)12-21/h4-7,9,11H,8,10,12-13H2,1-3H3,(H,20,22). The van der Waals surface area contributed by atoms with Crippen LogP contribution in [0.3, 0.4) is 0 Å². The predicted octanol–water partition coefficient (Wildman–Crippen LogP) is 3.15. The van der Waals surface area contributed by atoms with Crippen LogP contribution in [0.1, 0.15) is 41.1 Å². The summed E-state index contributed by atoms with van der Waals surface area (Å²) >= 11 is 0. The van der Waals surface area contributed by atoms with Crippen molar-refractivity contribution in [1.82, 2.24) is 10.2 Å². The highest BCUT2D eigenvalue weighted by Crippen LogP contribution is 2.25. The molecule has 0 bridgehead atoms. The number of aryl methyl sites for hydroxylation is 1. The fourth-order valence-corrected chi connectivity index (χ4v) is 3.11. The minimum absolute atomic E-state index is 0.107. The summed E-state index contributed by atoms with van der Waals surface area (Å²) in [4.78, 5) is 14.7. The average Bonchev–Trinajstić information content (AvgIpc) is 2.98. The fourth-order valence-electron chi connectivity index (χ4n) is 3.11. The van der Waals surface area contributed by atoms with Gasteiger partial charge in [-0.05, 0) is 44.4 Å². The monoisotopic (exact) mass is 312 g/mol. The molecule has 1 aliphatic heterocycles. The first-order valence-electron chi connectivity index (χ1n) is 8.11. The zero-order valence-corrected chi connectivity index (χ0v) is 14.1. The molecule has 0 radical (unpaired) electrons. The summed E-state index contributed by atoms with van der Waals surface area (Å²) in [6.45, 7) is 8.77. The van der Waals surface area contributed by atoms with Gasteiger partial charge in [0, 0.05) is 30.7 Å². The number of benzene rings is 1. The molecule has 0 atom stereocenters. The normalized spacial score (nSPS) is 15.3. The summed E-state index contributed by atoms with van der Waals surface area (Å²) in [7, 11) is 0. The van der Waals surface area contributed by atoms with Crippen molar-refractivity contribution in [3.05, 3.63) is 59.0 Å². The molecular weight excluding hydrogens is 288 g/mol. The van der Waals surface area contributed by atoms with Crippen molar-refractivity contribution in [2.24, 2.45) is 0 Å². The van der Waals surface area contributed by atoms with Crippen molar-refractivity contribution in [2.45, 2.75) is 39.3 Å². The maximum atomic E-state index is 12.2. The Labute approximate surface area is 137 Å². The first-order valence-corrected chi connectivity index (χ1v) is 8.11. The lowest BCUT2D eigenvalue weighted by atomic mass is 9.94. The minimum Gasteiger partial charge on any atom is -0.459 e. The molecular formula is C19H24N2O2. The van der Waals surface area contributed by atoms with Gasteiger partial charge in [0.15, 0.2) is 5.76 Å². The van der Waals surface area contributed by atoms with Crippen molar-refractivity contribution < 1.29 is 9.21 Å². The number of nitrogens with zero attached hydrogens (tertiary/aromatic N) is 1. The molecule has 0 unspecified atom stereocenters. The van der Waals surface area contributed by atoms with E-state index in [2.05, 4.69) is 48.3 Å². The zero-order valence-electron chi connectivity index (χ0n) is 14.1. The molecule has 3 rings (SSSR count). The molecule has 2 aromatic rings. The van der Waals surface area contributed by atoms with E-state index in [-0.39, 0.29) is 11.4 Å². The highest BCUT2D eigenvalue weighted by molar-refractivity contribution is 5.92. The Kier molecular flexibility index (Phi) is 4.26. The SMILES string of the molecule is Cc1ccoc1C(=O)NCC(C)(C)N1CCc2ccccc2C1. The second-order valence-electron chi connectivity index (χ2n) is 6.87. The number of rotatable bonds is 4. The van der Waals surface area contributed by atoms with Gasteiger partial charge >= 0.3 is 0 Å². The van der Waals surface area contributed by atoms with Crippen LogP contribution < -0.4 is 5.32 Å². The van der Waals surface area contributed by atoms with Crippen LogP contribution in [0.15, 0.2) is 41.0 Å². The van der Waals surface area contributed by atoms with E-state index in [4.69, 9.17) is 4.42 Å². The number of amides is 1. The number of nitrogens with one attached hydrogen (secondary N) is 1. The lowest BCUT2D eigenvalue weighted by molar-refractivity contribution is 0.0804. The second kappa shape index (κ2) is 6.20. The third kappa shape index (κ3) is 3.32. The molecule has 4 heteroatoms. The highest BCUT2D eigenvalue weighted by atomic mass is 16.3. The first-order chi connectivity index (χ1) is 11.0. The van der Waals surface area contributed by atoms with E-state index in [1.165, 1.54) is 11.1 Å². The third-order valence-electron chi connectivity index (χ3n) is 4.74. The molecule has 1 amide bonds. The number of carbonyl (C=O) groups is 1. The Hall–Kier alpha value is -2.07. The Bertz CT molecular complexity index is 703. The highest BCUT2D eigenvalue weighted by Gasteiger charge is 2.30. The summed E-state index contributed by atoms with van der Waals surface area (Å²) in [6.07, 6.45) is 2.61. The van der Waals surface area contributed by atoms with Gasteiger partial charge in [0.1, 0.15) is 0 Å². The second-order valence-corrected chi connectivity index (χ2v) is 6.87. The third-order valence-corrected chi connectivity index (χ3v) is 4.74. The lowest BCUT2D eigenvalue weighted by Crippen LogP contribution is -2.53. The van der Waals surface area contributed by atoms with Crippen molar-refractivity contribution in [3.8, 4) is 0 Å². The molecule has 2 heterocycles. The summed E-state index contributed by atoms with van der Waals surface area (Å²) in [5.74, 6) is 0.266. The Morgan fingerprint density at radius 1 is 1.26 bits per heavy atom. The van der Waals surface area contributed by atoms with Gasteiger partial charge < -0.3 is 9.73 Å². The van der Waals surface area contributed by atoms with Gasteiger partial charge in [-0.3, -0.25) is 9.69 Å². The zero-order chi connectivity index (χ0) is 16.4. The Balaban J connectivity index is 1.63. The molecule has 0 fully saturated rings. The summed E-state index contributed by atoms with van der Waals surface area (Å²) in [5.41, 5.74) is 3.59. The van der Waals surface area contributed by atoms with Gasteiger partial charge in [-0.1, -0.05) is 24.3 Å². The molecule has 0 saturated heterocycles. The van der Waals surface area contributed by atoms with E-state index in [1.54, 1.807) is 6.26 Å². The van der Waals surface area contributed by atoms with Gasteiger partial charge in [0.25, 0.3) is 5.91 Å². The van der Waals surface area contributed by atoms with Crippen molar-refractivity contribution in [2.75, 3.05) is 13.1 Å². The summed E-state index contributed by atoms with van der Waals surface area (Å²) in [5, 5.41) is 3.01. The number of furan rings is 1. The van der Waals surface area contributed by atoms with Gasteiger partial charge in [-0.15, -0.1) is 0 Å². The molecule has 4 nitrogen and oxygen atoms in total. The van der Waals surface area contributed by atoms with Crippen LogP contribution in [0.4, 0.5) is 0 Å². The topological polar surface area (TPSA) is 45.5 Å². The lowest BCUT2D eigenvalue weighted by Gasteiger charge is -2.41. The largest absolute Gasteiger partial charge is 0.459 e. The van der Waals surface area contributed by atoms with Gasteiger partial charge in [-0.2, -0.15) is 0 Å². The van der Waals surface area contributed by atoms with E-state index in [9.17, 15) is 4.79 Å². The molecule has 23 heavy (non-hydrogen) atoms. The number of hydrogen-bond acceptors (Lipinski definition) is 3. The van der Waals surface area contributed by atoms with E-state index >= 15 is 0 Å². The van der Waals surface area contributed by atoms with E-state index in [1.807, 2.05) is 13.0 Å². The quantitative estimate of drug-likeness (QED) is 0.943. The molecule has 0 aliphatic carbocycles. The molecule has 1 aromatic carbocycles. The van der Waals surface area contributed by atoms with Crippen LogP contribution in [0.5, 0.6) is 0 Å². The molecule has 1 aromatic heterocycles. The predicted molar refractivity (Wildman–Crippen MR) is 90.4 cm³/mol. The summed E-state index contributed by atoms with van der Waals surface area (Å²) in [6, 6.07) is 10.4. The average molecular weight is 312 g/mol. The molecule has 0 spiro atoms. The van der Waals surface area contributed by atoms with Crippen LogP contribution >= 0.6 is 0 Å². The smallest absolute Gasteiger partial charge is 0.287 e. The molecule has 1 N–H and O–H groups in total. The van der Waals surface area contributed by atoms with Gasteiger partial charge in [0.2, 0.25) is 0 Å². The minimum atomic E-state index is -0.141. The number of carbonyl (C=O) groups excluding carboxylic acids is 1. The number of hydrogen-bond donors (Lipinski definition) is 1. The Morgan fingerprint density at radius 2 is 2.00 bits per heavy atom. The van der Waals surface area contributed by atoms with Crippen molar-refractivity contribution in [1.29, 1.82) is 0 Å². The summed E-state index contributed by atoms with van der Waals surface area (Å²) < 4.78 is 5.26. The van der Waals surface area contributed by atoms with E-state index < -0.39 is 0 Å². The van der Waals surface area contributed by atoms with Crippen LogP contribution in [0, 0.1) is 6.92 Å². The van der Waals surface area contributed by atoms with E-state index in [0.717, 1.165) is 25.1 Å². The molecule has 1 aliphatic rings. The van der Waals surface area contributed by atoms with E-state index in [0.29, 0.717) is 12.3 Å². The number of fused-ring (bicyclic) bond motifs is 1. The van der Waals surface area contributed by atoms with Crippen LogP contribution in [-0.4, -0.2) is 29.4 Å². The van der Waals surface area contributed by atoms with Crippen LogP contribution in [-0.2, 0) is 13.0 Å². The van der Waals surface area contributed by atoms with Crippen molar-refractivity contribution >= 4 is 5.91 Å². The first kappa shape index (κ1) is 15.8. The Morgan fingerprint density at radius 3 is 2.70 bits per heavy atom. The van der Waals surface area contributed by atoms with Crippen molar-refractivity contribution in [3.63, 3.8) is 0 Å². The maximum absolute atomic E-state index is 12.2. The maximum Gasteiger partial charge on any atom is 0.287 e. The van der Waals surface area contributed by atoms with Crippen LogP contribution in [0.25, 0.3) is 0 Å². The fraction of sp³-hybridized carbons (Fsp3) is 0.421. The van der Waals surface area contributed by atoms with Gasteiger partial charge in [0.05, 0.1) is 6.26 Å². The van der Waals surface area contributed by atoms with Crippen LogP contribution in [0.2, 0.25) is 0 Å². The molecule has 122 valence electrons. The van der Waals surface area contributed by atoms with Gasteiger partial charge in [-0.25, -0.2) is 0 Å².